The van der Waals surface area contributed by atoms with Gasteiger partial charge in [0, 0.05) is 18.1 Å². The van der Waals surface area contributed by atoms with Crippen molar-refractivity contribution < 1.29 is 33.3 Å². The van der Waals surface area contributed by atoms with Gasteiger partial charge in [0.1, 0.15) is 18.3 Å². The van der Waals surface area contributed by atoms with Gasteiger partial charge < -0.3 is 24.4 Å². The summed E-state index contributed by atoms with van der Waals surface area (Å²) < 4.78 is 37.9. The van der Waals surface area contributed by atoms with Gasteiger partial charge in [-0.3, -0.25) is 14.3 Å². The van der Waals surface area contributed by atoms with E-state index in [1.165, 1.54) is 6.07 Å². The maximum Gasteiger partial charge on any atom is 0.331 e. The number of aromatic nitrogens is 1. The first-order valence-electron chi connectivity index (χ1n) is 9.40. The summed E-state index contributed by atoms with van der Waals surface area (Å²) in [6.45, 7) is 6.74. The average Bonchev–Trinajstić information content (AvgIpc) is 2.89. The van der Waals surface area contributed by atoms with Crippen LogP contribution in [0.4, 0.5) is 4.39 Å². The van der Waals surface area contributed by atoms with E-state index in [9.17, 15) is 28.9 Å². The lowest BCUT2D eigenvalue weighted by Crippen LogP contribution is -2.40. The van der Waals surface area contributed by atoms with Crippen molar-refractivity contribution in [1.82, 2.24) is 4.98 Å². The number of ether oxygens (including phenoxy) is 1. The highest BCUT2D eigenvalue weighted by Crippen LogP contribution is 2.53. The Hall–Kier alpha value is -1.09. The highest BCUT2D eigenvalue weighted by molar-refractivity contribution is 7.53. The van der Waals surface area contributed by atoms with Crippen LogP contribution in [0.25, 0.3) is 0 Å². The molecule has 0 radical (unpaired) electrons. The summed E-state index contributed by atoms with van der Waals surface area (Å²) in [5.74, 6) is -0.947. The quantitative estimate of drug-likeness (QED) is 0.374. The lowest BCUT2D eigenvalue weighted by Gasteiger charge is -2.37. The normalized spacial score (nSPS) is 27.9. The van der Waals surface area contributed by atoms with Gasteiger partial charge >= 0.3 is 7.60 Å². The number of H-pyrrole nitrogens is 1. The minimum Gasteiger partial charge on any atom is -0.388 e. The monoisotopic (exact) mass is 421 g/mol. The largest absolute Gasteiger partial charge is 0.388 e. The van der Waals surface area contributed by atoms with Crippen molar-refractivity contribution in [1.29, 1.82) is 0 Å². The third-order valence-electron chi connectivity index (χ3n) is 5.41. The number of aromatic amines is 1. The zero-order chi connectivity index (χ0) is 21.3. The van der Waals surface area contributed by atoms with E-state index in [2.05, 4.69) is 0 Å². The SMILES string of the molecule is CCC(CC)(CC1OC(c2ccc(=O)[nH]c2F)C(O)C1O)OP(=O)(O)C(C)C. The van der Waals surface area contributed by atoms with E-state index in [0.717, 1.165) is 6.07 Å². The molecule has 10 heteroatoms. The van der Waals surface area contributed by atoms with E-state index < -0.39 is 54.8 Å². The standard InChI is InChI=1S/C18H29FNO7P/c1-5-18(6-2,27-28(24,25)10(3)4)9-12-14(22)15(23)16(26-12)11-7-8-13(21)20-17(11)19/h7-8,10,12,14-16,22-23H,5-6,9H2,1-4H3,(H,20,21)(H,24,25). The molecule has 1 aromatic rings. The molecule has 1 saturated heterocycles. The summed E-state index contributed by atoms with van der Waals surface area (Å²) >= 11 is 0. The van der Waals surface area contributed by atoms with Crippen LogP contribution in [0.15, 0.2) is 16.9 Å². The second-order valence-corrected chi connectivity index (χ2v) is 9.86. The molecule has 2 rings (SSSR count). The van der Waals surface area contributed by atoms with Crippen LogP contribution in [0.2, 0.25) is 0 Å². The highest BCUT2D eigenvalue weighted by atomic mass is 31.2. The predicted octanol–water partition coefficient (Wildman–Crippen LogP) is 2.24. The van der Waals surface area contributed by atoms with Gasteiger partial charge in [0.05, 0.1) is 17.4 Å². The van der Waals surface area contributed by atoms with Gasteiger partial charge in [0.15, 0.2) is 5.95 Å². The van der Waals surface area contributed by atoms with Crippen LogP contribution in [0, 0.1) is 5.95 Å². The molecule has 1 aromatic heterocycles. The molecule has 0 bridgehead atoms. The molecule has 4 N–H and O–H groups in total. The van der Waals surface area contributed by atoms with Crippen molar-refractivity contribution in [2.75, 3.05) is 0 Å². The fraction of sp³-hybridized carbons (Fsp3) is 0.722. The summed E-state index contributed by atoms with van der Waals surface area (Å²) in [6.07, 6.45) is -4.12. The fourth-order valence-corrected chi connectivity index (χ4v) is 4.41. The molecule has 0 spiro atoms. The van der Waals surface area contributed by atoms with Crippen molar-refractivity contribution in [3.8, 4) is 0 Å². The van der Waals surface area contributed by atoms with E-state index >= 15 is 0 Å². The minimum absolute atomic E-state index is 0.0387. The summed E-state index contributed by atoms with van der Waals surface area (Å²) in [6, 6.07) is 2.30. The Balaban J connectivity index is 2.26. The van der Waals surface area contributed by atoms with Crippen LogP contribution in [-0.2, 0) is 13.8 Å². The molecule has 0 amide bonds. The maximum absolute atomic E-state index is 14.1. The lowest BCUT2D eigenvalue weighted by molar-refractivity contribution is -0.0559. The van der Waals surface area contributed by atoms with Gasteiger partial charge in [-0.25, -0.2) is 0 Å². The van der Waals surface area contributed by atoms with Gasteiger partial charge in [0.2, 0.25) is 5.56 Å². The zero-order valence-corrected chi connectivity index (χ0v) is 17.4. The number of hydrogen-bond donors (Lipinski definition) is 4. The van der Waals surface area contributed by atoms with Crippen molar-refractivity contribution in [3.63, 3.8) is 0 Å². The predicted molar refractivity (Wildman–Crippen MR) is 101 cm³/mol. The van der Waals surface area contributed by atoms with Crippen molar-refractivity contribution in [2.45, 2.75) is 82.6 Å². The first-order valence-corrected chi connectivity index (χ1v) is 11.0. The number of aliphatic hydroxyl groups excluding tert-OH is 2. The number of aliphatic hydroxyl groups is 2. The molecule has 1 aliphatic heterocycles. The van der Waals surface area contributed by atoms with E-state index in [-0.39, 0.29) is 12.0 Å². The van der Waals surface area contributed by atoms with Crippen LogP contribution >= 0.6 is 7.60 Å². The van der Waals surface area contributed by atoms with E-state index in [4.69, 9.17) is 9.26 Å². The second-order valence-electron chi connectivity index (χ2n) is 7.51. The molecule has 5 atom stereocenters. The topological polar surface area (TPSA) is 129 Å². The Morgan fingerprint density at radius 1 is 1.29 bits per heavy atom. The Morgan fingerprint density at radius 3 is 2.39 bits per heavy atom. The Morgan fingerprint density at radius 2 is 1.89 bits per heavy atom. The zero-order valence-electron chi connectivity index (χ0n) is 16.5. The van der Waals surface area contributed by atoms with Crippen LogP contribution < -0.4 is 5.56 Å². The van der Waals surface area contributed by atoms with E-state index in [1.807, 2.05) is 4.98 Å². The highest BCUT2D eigenvalue weighted by Gasteiger charge is 2.49. The first-order chi connectivity index (χ1) is 13.0. The van der Waals surface area contributed by atoms with E-state index in [0.29, 0.717) is 12.8 Å². The minimum atomic E-state index is -3.90. The van der Waals surface area contributed by atoms with E-state index in [1.54, 1.807) is 27.7 Å². The maximum atomic E-state index is 14.1. The van der Waals surface area contributed by atoms with Crippen LogP contribution in [0.1, 0.15) is 58.6 Å². The van der Waals surface area contributed by atoms with Gasteiger partial charge in [-0.1, -0.05) is 27.7 Å². The Bertz CT molecular complexity index is 779. The van der Waals surface area contributed by atoms with Crippen LogP contribution in [0.3, 0.4) is 0 Å². The van der Waals surface area contributed by atoms with Gasteiger partial charge in [-0.15, -0.1) is 0 Å². The number of halogens is 1. The van der Waals surface area contributed by atoms with Crippen LogP contribution in [0.5, 0.6) is 0 Å². The number of pyridine rings is 1. The summed E-state index contributed by atoms with van der Waals surface area (Å²) in [5, 5.41) is 20.8. The third-order valence-corrected chi connectivity index (χ3v) is 7.36. The second kappa shape index (κ2) is 8.73. The molecule has 0 aromatic carbocycles. The van der Waals surface area contributed by atoms with Crippen LogP contribution in [-0.4, -0.2) is 49.7 Å². The smallest absolute Gasteiger partial charge is 0.331 e. The van der Waals surface area contributed by atoms with Crippen molar-refractivity contribution in [2.24, 2.45) is 0 Å². The number of hydrogen-bond acceptors (Lipinski definition) is 6. The van der Waals surface area contributed by atoms with Crippen molar-refractivity contribution >= 4 is 7.60 Å². The lowest BCUT2D eigenvalue weighted by atomic mass is 9.88. The Kier molecular flexibility index (Phi) is 7.23. The average molecular weight is 421 g/mol. The summed E-state index contributed by atoms with van der Waals surface area (Å²) in [7, 11) is -3.90. The fourth-order valence-electron chi connectivity index (χ4n) is 3.31. The molecule has 1 aliphatic rings. The van der Waals surface area contributed by atoms with Crippen molar-refractivity contribution in [3.05, 3.63) is 34.0 Å². The number of nitrogens with one attached hydrogen (secondary N) is 1. The molecule has 28 heavy (non-hydrogen) atoms. The molecule has 160 valence electrons. The van der Waals surface area contributed by atoms with Gasteiger partial charge in [-0.2, -0.15) is 4.39 Å². The van der Waals surface area contributed by atoms with Gasteiger partial charge in [-0.05, 0) is 18.9 Å². The molecule has 0 aliphatic carbocycles. The molecule has 8 nitrogen and oxygen atoms in total. The summed E-state index contributed by atoms with van der Waals surface area (Å²) in [4.78, 5) is 23.4. The molecule has 2 heterocycles. The molecular weight excluding hydrogens is 392 g/mol. The molecule has 1 fully saturated rings. The van der Waals surface area contributed by atoms with Gasteiger partial charge in [0.25, 0.3) is 0 Å². The molecular formula is C18H29FNO7P. The third kappa shape index (κ3) is 4.72. The molecule has 5 unspecified atom stereocenters. The number of rotatable bonds is 8. The first kappa shape index (κ1) is 23.2. The Labute approximate surface area is 163 Å². The summed E-state index contributed by atoms with van der Waals surface area (Å²) in [5.41, 5.74) is -2.38. The molecule has 0 saturated carbocycles.